The first-order chi connectivity index (χ1) is 13.2. The molecule has 134 valence electrons. The van der Waals surface area contributed by atoms with Crippen LogP contribution in [-0.4, -0.2) is 28.5 Å². The van der Waals surface area contributed by atoms with Crippen LogP contribution in [0.4, 0.5) is 0 Å². The minimum Gasteiger partial charge on any atom is -0.464 e. The summed E-state index contributed by atoms with van der Waals surface area (Å²) in [5.41, 5.74) is 7.99. The second kappa shape index (κ2) is 6.32. The lowest BCUT2D eigenvalue weighted by molar-refractivity contribution is 0.295. The molecular weight excluding hydrogens is 334 g/mol. The molecule has 2 aromatic carbocycles. The normalized spacial score (nSPS) is 17.2. The molecule has 4 nitrogen and oxygen atoms in total. The first-order valence-corrected chi connectivity index (χ1v) is 9.25. The molecule has 2 aromatic heterocycles. The van der Waals surface area contributed by atoms with E-state index < -0.39 is 0 Å². The molecule has 0 aliphatic carbocycles. The van der Waals surface area contributed by atoms with Gasteiger partial charge >= 0.3 is 0 Å². The van der Waals surface area contributed by atoms with Crippen LogP contribution in [0.1, 0.15) is 28.3 Å². The molecule has 0 fully saturated rings. The zero-order chi connectivity index (χ0) is 18.4. The molecule has 0 bridgehead atoms. The molecule has 0 saturated heterocycles. The highest BCUT2D eigenvalue weighted by Gasteiger charge is 2.25. The van der Waals surface area contributed by atoms with E-state index >= 15 is 0 Å². The Labute approximate surface area is 158 Å². The van der Waals surface area contributed by atoms with Crippen LogP contribution in [-0.2, 0) is 6.54 Å². The molecule has 0 spiro atoms. The topological polar surface area (TPSA) is 42.2 Å². The number of hydrogen-bond donors (Lipinski definition) is 0. The molecule has 0 radical (unpaired) electrons. The van der Waals surface area contributed by atoms with Gasteiger partial charge in [-0.05, 0) is 48.9 Å². The molecule has 3 heterocycles. The van der Waals surface area contributed by atoms with Crippen LogP contribution in [0.15, 0.2) is 65.5 Å². The van der Waals surface area contributed by atoms with Crippen molar-refractivity contribution in [1.29, 1.82) is 0 Å². The fourth-order valence-corrected chi connectivity index (χ4v) is 4.08. The molecular formula is C23H21N3O. The average Bonchev–Trinajstić information content (AvgIpc) is 3.14. The van der Waals surface area contributed by atoms with Gasteiger partial charge in [-0.2, -0.15) is 0 Å². The summed E-state index contributed by atoms with van der Waals surface area (Å²) in [5.74, 6) is 0.339. The predicted octanol–water partition coefficient (Wildman–Crippen LogP) is 4.78. The van der Waals surface area contributed by atoms with E-state index in [1.54, 1.807) is 12.5 Å². The van der Waals surface area contributed by atoms with Crippen molar-refractivity contribution in [2.75, 3.05) is 13.6 Å². The van der Waals surface area contributed by atoms with Gasteiger partial charge in [0.15, 0.2) is 0 Å². The van der Waals surface area contributed by atoms with Crippen LogP contribution in [0.2, 0.25) is 0 Å². The van der Waals surface area contributed by atoms with Crippen molar-refractivity contribution in [3.05, 3.63) is 83.5 Å². The number of likely N-dealkylation sites (N-methyl/N-ethyl adjacent to an activating group) is 1. The molecule has 4 heteroatoms. The number of nitrogens with zero attached hydrogens (tertiary/aromatic N) is 3. The number of aromatic nitrogens is 2. The van der Waals surface area contributed by atoms with Crippen molar-refractivity contribution in [2.24, 2.45) is 0 Å². The molecule has 0 saturated carbocycles. The minimum atomic E-state index is 0.339. The second-order valence-electron chi connectivity index (χ2n) is 7.43. The third-order valence-electron chi connectivity index (χ3n) is 5.39. The lowest BCUT2D eigenvalue weighted by atomic mass is 9.83. The number of rotatable bonds is 2. The summed E-state index contributed by atoms with van der Waals surface area (Å²) in [6.07, 6.45) is 5.38. The average molecular weight is 355 g/mol. The van der Waals surface area contributed by atoms with Gasteiger partial charge in [0.1, 0.15) is 5.58 Å². The van der Waals surface area contributed by atoms with E-state index in [4.69, 9.17) is 4.42 Å². The fraction of sp³-hybridized carbons (Fsp3) is 0.217. The van der Waals surface area contributed by atoms with Gasteiger partial charge in [-0.3, -0.25) is 4.98 Å². The van der Waals surface area contributed by atoms with E-state index in [0.717, 1.165) is 41.0 Å². The minimum absolute atomic E-state index is 0.339. The van der Waals surface area contributed by atoms with Crippen molar-refractivity contribution in [3.63, 3.8) is 0 Å². The molecule has 0 N–H and O–H groups in total. The standard InChI is InChI=1S/C23H21N3O/c1-15-11-24-12-22(25-15)18-5-6-20-19(9-18)13-26(2)14-21(20)17-4-3-16-7-8-27-23(16)10-17/h3-12,21H,13-14H2,1-2H3. The van der Waals surface area contributed by atoms with E-state index in [-0.39, 0.29) is 0 Å². The second-order valence-corrected chi connectivity index (χ2v) is 7.43. The van der Waals surface area contributed by atoms with Crippen molar-refractivity contribution in [3.8, 4) is 11.3 Å². The van der Waals surface area contributed by atoms with E-state index in [1.807, 2.05) is 19.2 Å². The van der Waals surface area contributed by atoms with Gasteiger partial charge in [-0.25, -0.2) is 4.98 Å². The van der Waals surface area contributed by atoms with Gasteiger partial charge in [0.2, 0.25) is 0 Å². The SMILES string of the molecule is Cc1cncc(-c2ccc3c(c2)CN(C)CC3c2ccc3ccoc3c2)n1. The fourth-order valence-electron chi connectivity index (χ4n) is 4.08. The Balaban J connectivity index is 1.58. The Morgan fingerprint density at radius 3 is 2.89 bits per heavy atom. The third kappa shape index (κ3) is 2.92. The van der Waals surface area contributed by atoms with Crippen LogP contribution in [0.25, 0.3) is 22.2 Å². The van der Waals surface area contributed by atoms with Crippen molar-refractivity contribution in [2.45, 2.75) is 19.4 Å². The van der Waals surface area contributed by atoms with Crippen LogP contribution >= 0.6 is 0 Å². The zero-order valence-corrected chi connectivity index (χ0v) is 15.5. The van der Waals surface area contributed by atoms with Crippen molar-refractivity contribution in [1.82, 2.24) is 14.9 Å². The summed E-state index contributed by atoms with van der Waals surface area (Å²) in [5, 5.41) is 1.15. The summed E-state index contributed by atoms with van der Waals surface area (Å²) < 4.78 is 5.62. The van der Waals surface area contributed by atoms with E-state index in [0.29, 0.717) is 5.92 Å². The van der Waals surface area contributed by atoms with Crippen molar-refractivity contribution >= 4 is 11.0 Å². The Hall–Kier alpha value is -2.98. The number of hydrogen-bond acceptors (Lipinski definition) is 4. The maximum Gasteiger partial charge on any atom is 0.134 e. The molecule has 5 rings (SSSR count). The summed E-state index contributed by atoms with van der Waals surface area (Å²) in [6.45, 7) is 3.92. The van der Waals surface area contributed by atoms with Crippen LogP contribution in [0.5, 0.6) is 0 Å². The first kappa shape index (κ1) is 16.2. The predicted molar refractivity (Wildman–Crippen MR) is 107 cm³/mol. The molecule has 1 atom stereocenters. The highest BCUT2D eigenvalue weighted by molar-refractivity contribution is 5.78. The number of aryl methyl sites for hydroxylation is 1. The van der Waals surface area contributed by atoms with Crippen LogP contribution in [0, 0.1) is 6.92 Å². The van der Waals surface area contributed by atoms with Gasteiger partial charge in [0.05, 0.1) is 23.8 Å². The smallest absolute Gasteiger partial charge is 0.134 e. The van der Waals surface area contributed by atoms with Gasteiger partial charge in [-0.1, -0.05) is 24.3 Å². The number of benzene rings is 2. The van der Waals surface area contributed by atoms with Gasteiger partial charge in [0, 0.05) is 36.2 Å². The molecule has 1 aliphatic heterocycles. The van der Waals surface area contributed by atoms with Gasteiger partial charge in [-0.15, -0.1) is 0 Å². The largest absolute Gasteiger partial charge is 0.464 e. The van der Waals surface area contributed by atoms with Gasteiger partial charge in [0.25, 0.3) is 0 Å². The lowest BCUT2D eigenvalue weighted by Crippen LogP contribution is -2.31. The highest BCUT2D eigenvalue weighted by atomic mass is 16.3. The number of furan rings is 1. The Bertz CT molecular complexity index is 1130. The lowest BCUT2D eigenvalue weighted by Gasteiger charge is -2.33. The Kier molecular flexibility index (Phi) is 3.80. The van der Waals surface area contributed by atoms with Crippen LogP contribution < -0.4 is 0 Å². The summed E-state index contributed by atoms with van der Waals surface area (Å²) >= 11 is 0. The first-order valence-electron chi connectivity index (χ1n) is 9.25. The molecule has 27 heavy (non-hydrogen) atoms. The Morgan fingerprint density at radius 1 is 1.07 bits per heavy atom. The third-order valence-corrected chi connectivity index (χ3v) is 5.39. The zero-order valence-electron chi connectivity index (χ0n) is 15.5. The van der Waals surface area contributed by atoms with Crippen LogP contribution in [0.3, 0.4) is 0 Å². The van der Waals surface area contributed by atoms with E-state index in [2.05, 4.69) is 58.3 Å². The quantitative estimate of drug-likeness (QED) is 0.519. The summed E-state index contributed by atoms with van der Waals surface area (Å²) in [4.78, 5) is 11.3. The monoisotopic (exact) mass is 355 g/mol. The number of fused-ring (bicyclic) bond motifs is 2. The Morgan fingerprint density at radius 2 is 2.00 bits per heavy atom. The van der Waals surface area contributed by atoms with Crippen molar-refractivity contribution < 1.29 is 4.42 Å². The molecule has 1 aliphatic rings. The molecule has 0 amide bonds. The highest BCUT2D eigenvalue weighted by Crippen LogP contribution is 2.36. The maximum absolute atomic E-state index is 5.62. The molecule has 4 aromatic rings. The summed E-state index contributed by atoms with van der Waals surface area (Å²) in [7, 11) is 2.18. The maximum atomic E-state index is 5.62. The molecule has 1 unspecified atom stereocenters. The van der Waals surface area contributed by atoms with E-state index in [1.165, 1.54) is 16.7 Å². The summed E-state index contributed by atoms with van der Waals surface area (Å²) in [6, 6.07) is 15.3. The van der Waals surface area contributed by atoms with E-state index in [9.17, 15) is 0 Å². The van der Waals surface area contributed by atoms with Gasteiger partial charge < -0.3 is 9.32 Å².